The second-order valence-corrected chi connectivity index (χ2v) is 3.40. The van der Waals surface area contributed by atoms with Crippen LogP contribution in [-0.4, -0.2) is 40.3 Å². The molecule has 0 bridgehead atoms. The number of aromatic amines is 1. The molecule has 90 valence electrons. The number of halogens is 2. The van der Waals surface area contributed by atoms with Crippen LogP contribution in [0.25, 0.3) is 0 Å². The molecule has 1 aromatic heterocycles. The Bertz CT molecular complexity index is 354. The second-order valence-electron chi connectivity index (χ2n) is 3.40. The third kappa shape index (κ3) is 3.27. The molecular formula is C9H13F2N3O2. The van der Waals surface area contributed by atoms with E-state index < -0.39 is 18.4 Å². The van der Waals surface area contributed by atoms with Crippen LogP contribution in [0, 0.1) is 0 Å². The summed E-state index contributed by atoms with van der Waals surface area (Å²) in [6.07, 6.45) is -0.698. The first-order valence-electron chi connectivity index (χ1n) is 4.79. The van der Waals surface area contributed by atoms with Crippen molar-refractivity contribution in [2.45, 2.75) is 25.8 Å². The highest BCUT2D eigenvalue weighted by Gasteiger charge is 2.15. The average Bonchev–Trinajstić information content (AvgIpc) is 2.65. The molecule has 0 fully saturated rings. The van der Waals surface area contributed by atoms with E-state index in [1.807, 2.05) is 0 Å². The highest BCUT2D eigenvalue weighted by Crippen LogP contribution is 2.05. The predicted octanol–water partition coefficient (Wildman–Crippen LogP) is 0.894. The SMILES string of the molecule is CC(NCCc1cn[nH]c1C(=O)O)C(F)F. The number of carbonyl (C=O) groups is 1. The van der Waals surface area contributed by atoms with E-state index in [9.17, 15) is 13.6 Å². The number of aromatic nitrogens is 2. The number of hydrogen-bond donors (Lipinski definition) is 3. The molecule has 1 atom stereocenters. The number of hydrogen-bond acceptors (Lipinski definition) is 3. The summed E-state index contributed by atoms with van der Waals surface area (Å²) < 4.78 is 24.3. The molecular weight excluding hydrogens is 220 g/mol. The minimum absolute atomic E-state index is 0.00602. The minimum atomic E-state index is -2.43. The zero-order valence-corrected chi connectivity index (χ0v) is 8.70. The van der Waals surface area contributed by atoms with Gasteiger partial charge in [0, 0.05) is 5.56 Å². The Hall–Kier alpha value is -1.50. The van der Waals surface area contributed by atoms with Crippen molar-refractivity contribution in [3.05, 3.63) is 17.5 Å². The van der Waals surface area contributed by atoms with E-state index in [1.54, 1.807) is 0 Å². The first-order chi connectivity index (χ1) is 7.52. The predicted molar refractivity (Wildman–Crippen MR) is 52.7 cm³/mol. The van der Waals surface area contributed by atoms with Crippen LogP contribution in [0.15, 0.2) is 6.20 Å². The van der Waals surface area contributed by atoms with E-state index in [1.165, 1.54) is 13.1 Å². The number of nitrogens with zero attached hydrogens (tertiary/aromatic N) is 1. The number of rotatable bonds is 6. The van der Waals surface area contributed by atoms with Gasteiger partial charge in [0.2, 0.25) is 0 Å². The summed E-state index contributed by atoms with van der Waals surface area (Å²) in [6, 6.07) is -0.903. The molecule has 0 spiro atoms. The van der Waals surface area contributed by atoms with Crippen LogP contribution in [0.4, 0.5) is 8.78 Å². The van der Waals surface area contributed by atoms with Gasteiger partial charge in [-0.05, 0) is 19.9 Å². The molecule has 1 unspecified atom stereocenters. The van der Waals surface area contributed by atoms with Crippen LogP contribution in [0.1, 0.15) is 23.0 Å². The van der Waals surface area contributed by atoms with Gasteiger partial charge in [-0.25, -0.2) is 13.6 Å². The van der Waals surface area contributed by atoms with Crippen molar-refractivity contribution in [2.24, 2.45) is 0 Å². The van der Waals surface area contributed by atoms with Crippen molar-refractivity contribution >= 4 is 5.97 Å². The molecule has 1 rings (SSSR count). The van der Waals surface area contributed by atoms with Gasteiger partial charge in [0.25, 0.3) is 6.43 Å². The molecule has 0 aromatic carbocycles. The van der Waals surface area contributed by atoms with E-state index in [0.29, 0.717) is 12.0 Å². The van der Waals surface area contributed by atoms with E-state index in [4.69, 9.17) is 5.11 Å². The van der Waals surface area contributed by atoms with Gasteiger partial charge in [-0.3, -0.25) is 5.10 Å². The van der Waals surface area contributed by atoms with E-state index >= 15 is 0 Å². The second kappa shape index (κ2) is 5.55. The lowest BCUT2D eigenvalue weighted by molar-refractivity contribution is 0.0689. The van der Waals surface area contributed by atoms with Crippen LogP contribution in [0.2, 0.25) is 0 Å². The first-order valence-corrected chi connectivity index (χ1v) is 4.79. The number of carboxylic acid groups (broad SMARTS) is 1. The van der Waals surface area contributed by atoms with E-state index in [-0.39, 0.29) is 12.2 Å². The van der Waals surface area contributed by atoms with Crippen LogP contribution in [-0.2, 0) is 6.42 Å². The zero-order chi connectivity index (χ0) is 12.1. The normalized spacial score (nSPS) is 13.0. The molecule has 3 N–H and O–H groups in total. The molecule has 0 amide bonds. The summed E-state index contributed by atoms with van der Waals surface area (Å²) >= 11 is 0. The summed E-state index contributed by atoms with van der Waals surface area (Å²) in [5.41, 5.74) is 0.507. The Kier molecular flexibility index (Phi) is 4.36. The maximum absolute atomic E-state index is 12.1. The first kappa shape index (κ1) is 12.6. The maximum atomic E-state index is 12.1. The smallest absolute Gasteiger partial charge is 0.354 e. The van der Waals surface area contributed by atoms with Crippen molar-refractivity contribution in [1.82, 2.24) is 15.5 Å². The van der Waals surface area contributed by atoms with Crippen molar-refractivity contribution in [1.29, 1.82) is 0 Å². The fourth-order valence-electron chi connectivity index (χ4n) is 1.21. The van der Waals surface area contributed by atoms with Gasteiger partial charge in [0.1, 0.15) is 5.69 Å². The number of H-pyrrole nitrogens is 1. The Morgan fingerprint density at radius 1 is 1.69 bits per heavy atom. The highest BCUT2D eigenvalue weighted by atomic mass is 19.3. The fourth-order valence-corrected chi connectivity index (χ4v) is 1.21. The van der Waals surface area contributed by atoms with Crippen molar-refractivity contribution in [3.63, 3.8) is 0 Å². The highest BCUT2D eigenvalue weighted by molar-refractivity contribution is 5.86. The Morgan fingerprint density at radius 2 is 2.38 bits per heavy atom. The van der Waals surface area contributed by atoms with Crippen molar-refractivity contribution in [2.75, 3.05) is 6.54 Å². The summed E-state index contributed by atoms with van der Waals surface area (Å²) in [5.74, 6) is -1.10. The van der Waals surface area contributed by atoms with Gasteiger partial charge in [-0.1, -0.05) is 0 Å². The molecule has 0 aliphatic heterocycles. The molecule has 7 heteroatoms. The average molecular weight is 233 g/mol. The summed E-state index contributed by atoms with van der Waals surface area (Å²) in [5, 5.41) is 17.3. The molecule has 1 heterocycles. The largest absolute Gasteiger partial charge is 0.477 e. The van der Waals surface area contributed by atoms with Crippen LogP contribution in [0.5, 0.6) is 0 Å². The van der Waals surface area contributed by atoms with Gasteiger partial charge in [0.05, 0.1) is 12.2 Å². The topological polar surface area (TPSA) is 78.0 Å². The molecule has 16 heavy (non-hydrogen) atoms. The third-order valence-corrected chi connectivity index (χ3v) is 2.17. The number of alkyl halides is 2. The van der Waals surface area contributed by atoms with E-state index in [2.05, 4.69) is 15.5 Å². The standard InChI is InChI=1S/C9H13F2N3O2/c1-5(8(10)11)12-3-2-6-4-13-14-7(6)9(15)16/h4-5,8,12H,2-3H2,1H3,(H,13,14)(H,15,16). The van der Waals surface area contributed by atoms with Gasteiger partial charge >= 0.3 is 5.97 Å². The summed E-state index contributed by atoms with van der Waals surface area (Å²) in [7, 11) is 0. The van der Waals surface area contributed by atoms with Gasteiger partial charge in [0.15, 0.2) is 0 Å². The van der Waals surface area contributed by atoms with Crippen molar-refractivity contribution in [3.8, 4) is 0 Å². The third-order valence-electron chi connectivity index (χ3n) is 2.17. The summed E-state index contributed by atoms with van der Waals surface area (Å²) in [4.78, 5) is 10.7. The lowest BCUT2D eigenvalue weighted by Gasteiger charge is -2.11. The Balaban J connectivity index is 2.43. The Morgan fingerprint density at radius 3 is 2.94 bits per heavy atom. The zero-order valence-electron chi connectivity index (χ0n) is 8.70. The quantitative estimate of drug-likeness (QED) is 0.682. The molecule has 5 nitrogen and oxygen atoms in total. The van der Waals surface area contributed by atoms with Gasteiger partial charge in [-0.15, -0.1) is 0 Å². The van der Waals surface area contributed by atoms with Crippen LogP contribution < -0.4 is 5.32 Å². The molecule has 1 aromatic rings. The monoisotopic (exact) mass is 233 g/mol. The molecule has 0 saturated carbocycles. The number of nitrogens with one attached hydrogen (secondary N) is 2. The van der Waals surface area contributed by atoms with Crippen molar-refractivity contribution < 1.29 is 18.7 Å². The number of carboxylic acids is 1. The van der Waals surface area contributed by atoms with E-state index in [0.717, 1.165) is 0 Å². The number of aromatic carboxylic acids is 1. The van der Waals surface area contributed by atoms with Crippen LogP contribution in [0.3, 0.4) is 0 Å². The maximum Gasteiger partial charge on any atom is 0.354 e. The lowest BCUT2D eigenvalue weighted by Crippen LogP contribution is -2.34. The molecule has 0 aliphatic rings. The minimum Gasteiger partial charge on any atom is -0.477 e. The molecule has 0 radical (unpaired) electrons. The van der Waals surface area contributed by atoms with Gasteiger partial charge in [-0.2, -0.15) is 5.10 Å². The van der Waals surface area contributed by atoms with Gasteiger partial charge < -0.3 is 10.4 Å². The molecule has 0 saturated heterocycles. The fraction of sp³-hybridized carbons (Fsp3) is 0.556. The van der Waals surface area contributed by atoms with Crippen LogP contribution >= 0.6 is 0 Å². The Labute approximate surface area is 90.9 Å². The lowest BCUT2D eigenvalue weighted by atomic mass is 10.2. The summed E-state index contributed by atoms with van der Waals surface area (Å²) in [6.45, 7) is 1.66. The molecule has 0 aliphatic carbocycles.